The number of methoxy groups -OCH3 is 1. The second-order valence-electron chi connectivity index (χ2n) is 4.48. The molecule has 1 unspecified atom stereocenters. The smallest absolute Gasteiger partial charge is 0.137 e. The van der Waals surface area contributed by atoms with E-state index < -0.39 is 0 Å². The Morgan fingerprint density at radius 2 is 2.05 bits per heavy atom. The maximum absolute atomic E-state index is 6.08. The molecule has 2 aromatic carbocycles. The Morgan fingerprint density at radius 3 is 2.71 bits per heavy atom. The SMILES string of the molecule is CNC(CSc1ccccc1Br)c1ccc(Cl)c(OC)c1. The van der Waals surface area contributed by atoms with Gasteiger partial charge >= 0.3 is 0 Å². The van der Waals surface area contributed by atoms with Gasteiger partial charge in [-0.1, -0.05) is 29.8 Å². The van der Waals surface area contributed by atoms with Crippen molar-refractivity contribution in [1.29, 1.82) is 0 Å². The van der Waals surface area contributed by atoms with Gasteiger partial charge in [0, 0.05) is 21.2 Å². The first-order chi connectivity index (χ1) is 10.2. The van der Waals surface area contributed by atoms with E-state index in [1.54, 1.807) is 7.11 Å². The van der Waals surface area contributed by atoms with Crippen LogP contribution in [0.15, 0.2) is 51.8 Å². The van der Waals surface area contributed by atoms with Crippen LogP contribution in [0.4, 0.5) is 0 Å². The number of hydrogen-bond acceptors (Lipinski definition) is 3. The van der Waals surface area contributed by atoms with E-state index in [0.717, 1.165) is 10.2 Å². The zero-order chi connectivity index (χ0) is 15.2. The fraction of sp³-hybridized carbons (Fsp3) is 0.250. The summed E-state index contributed by atoms with van der Waals surface area (Å²) in [6.07, 6.45) is 0. The third-order valence-corrected chi connectivity index (χ3v) is 5.60. The Bertz CT molecular complexity index is 609. The Labute approximate surface area is 143 Å². The van der Waals surface area contributed by atoms with Crippen molar-refractivity contribution in [2.24, 2.45) is 0 Å². The molecule has 112 valence electrons. The summed E-state index contributed by atoms with van der Waals surface area (Å²) < 4.78 is 6.41. The number of hydrogen-bond donors (Lipinski definition) is 1. The fourth-order valence-corrected chi connectivity index (χ4v) is 3.88. The van der Waals surface area contributed by atoms with Gasteiger partial charge in [-0.25, -0.2) is 0 Å². The van der Waals surface area contributed by atoms with E-state index in [-0.39, 0.29) is 6.04 Å². The highest BCUT2D eigenvalue weighted by atomic mass is 79.9. The first-order valence-corrected chi connectivity index (χ1v) is 8.69. The lowest BCUT2D eigenvalue weighted by Gasteiger charge is -2.18. The molecule has 0 aliphatic heterocycles. The highest BCUT2D eigenvalue weighted by Crippen LogP contribution is 2.32. The van der Waals surface area contributed by atoms with Crippen LogP contribution in [0, 0.1) is 0 Å². The Kier molecular flexibility index (Phi) is 6.42. The summed E-state index contributed by atoms with van der Waals surface area (Å²) in [4.78, 5) is 1.23. The van der Waals surface area contributed by atoms with Crippen LogP contribution in [0.1, 0.15) is 11.6 Å². The second-order valence-corrected chi connectivity index (χ2v) is 6.80. The Morgan fingerprint density at radius 1 is 1.29 bits per heavy atom. The van der Waals surface area contributed by atoms with Crippen LogP contribution in [-0.4, -0.2) is 19.9 Å². The summed E-state index contributed by atoms with van der Waals surface area (Å²) in [7, 11) is 3.60. The molecule has 0 aromatic heterocycles. The van der Waals surface area contributed by atoms with E-state index in [4.69, 9.17) is 16.3 Å². The molecule has 2 rings (SSSR count). The van der Waals surface area contributed by atoms with Crippen molar-refractivity contribution in [1.82, 2.24) is 5.32 Å². The molecule has 1 N–H and O–H groups in total. The van der Waals surface area contributed by atoms with Gasteiger partial charge in [-0.3, -0.25) is 0 Å². The molecule has 0 aliphatic carbocycles. The molecule has 5 heteroatoms. The molecule has 21 heavy (non-hydrogen) atoms. The molecule has 0 spiro atoms. The fourth-order valence-electron chi connectivity index (χ4n) is 1.97. The van der Waals surface area contributed by atoms with Crippen molar-refractivity contribution in [2.45, 2.75) is 10.9 Å². The first kappa shape index (κ1) is 16.7. The molecular weight excluding hydrogens is 370 g/mol. The molecule has 0 bridgehead atoms. The third kappa shape index (κ3) is 4.39. The van der Waals surface area contributed by atoms with E-state index in [0.29, 0.717) is 10.8 Å². The third-order valence-electron chi connectivity index (χ3n) is 3.17. The van der Waals surface area contributed by atoms with Crippen molar-refractivity contribution in [3.05, 3.63) is 57.5 Å². The number of nitrogens with one attached hydrogen (secondary N) is 1. The average molecular weight is 387 g/mol. The van der Waals surface area contributed by atoms with Crippen molar-refractivity contribution in [3.63, 3.8) is 0 Å². The highest BCUT2D eigenvalue weighted by Gasteiger charge is 2.13. The molecule has 2 aromatic rings. The van der Waals surface area contributed by atoms with Crippen LogP contribution in [0.2, 0.25) is 5.02 Å². The molecule has 0 aliphatic rings. The Balaban J connectivity index is 2.11. The van der Waals surface area contributed by atoms with Gasteiger partial charge < -0.3 is 10.1 Å². The second kappa shape index (κ2) is 8.08. The molecule has 0 radical (unpaired) electrons. The van der Waals surface area contributed by atoms with Crippen LogP contribution in [0.3, 0.4) is 0 Å². The van der Waals surface area contributed by atoms with Crippen molar-refractivity contribution in [3.8, 4) is 5.75 Å². The maximum Gasteiger partial charge on any atom is 0.137 e. The summed E-state index contributed by atoms with van der Waals surface area (Å²) in [5.41, 5.74) is 1.17. The zero-order valence-electron chi connectivity index (χ0n) is 11.9. The predicted octanol–water partition coefficient (Wildman–Crippen LogP) is 5.16. The minimum absolute atomic E-state index is 0.230. The molecule has 0 fully saturated rings. The predicted molar refractivity (Wildman–Crippen MR) is 94.7 cm³/mol. The van der Waals surface area contributed by atoms with Crippen molar-refractivity contribution < 1.29 is 4.74 Å². The van der Waals surface area contributed by atoms with Gasteiger partial charge in [-0.15, -0.1) is 11.8 Å². The van der Waals surface area contributed by atoms with E-state index >= 15 is 0 Å². The van der Waals surface area contributed by atoms with Crippen LogP contribution >= 0.6 is 39.3 Å². The topological polar surface area (TPSA) is 21.3 Å². The molecule has 0 saturated carbocycles. The van der Waals surface area contributed by atoms with Gasteiger partial charge in [-0.05, 0) is 52.8 Å². The van der Waals surface area contributed by atoms with Crippen LogP contribution in [0.5, 0.6) is 5.75 Å². The van der Waals surface area contributed by atoms with Crippen LogP contribution in [0.25, 0.3) is 0 Å². The number of rotatable bonds is 6. The van der Waals surface area contributed by atoms with Gasteiger partial charge in [0.2, 0.25) is 0 Å². The minimum Gasteiger partial charge on any atom is -0.495 e. The summed E-state index contributed by atoms with van der Waals surface area (Å²) in [6.45, 7) is 0. The maximum atomic E-state index is 6.08. The zero-order valence-corrected chi connectivity index (χ0v) is 15.1. The standard InChI is InChI=1S/C16H17BrClNOS/c1-19-14(10-21-16-6-4-3-5-12(16)17)11-7-8-13(18)15(9-11)20-2/h3-9,14,19H,10H2,1-2H3. The number of thioether (sulfide) groups is 1. The largest absolute Gasteiger partial charge is 0.495 e. The molecule has 1 atom stereocenters. The monoisotopic (exact) mass is 385 g/mol. The van der Waals surface area contributed by atoms with Gasteiger partial charge in [0.05, 0.1) is 12.1 Å². The van der Waals surface area contributed by atoms with Crippen LogP contribution in [-0.2, 0) is 0 Å². The highest BCUT2D eigenvalue weighted by molar-refractivity contribution is 9.10. The first-order valence-electron chi connectivity index (χ1n) is 6.53. The molecule has 0 amide bonds. The van der Waals surface area contributed by atoms with Crippen molar-refractivity contribution in [2.75, 3.05) is 19.9 Å². The van der Waals surface area contributed by atoms with Gasteiger partial charge in [0.15, 0.2) is 0 Å². The number of halogens is 2. The van der Waals surface area contributed by atoms with Crippen LogP contribution < -0.4 is 10.1 Å². The van der Waals surface area contributed by atoms with E-state index in [1.807, 2.05) is 49.1 Å². The normalized spacial score (nSPS) is 12.2. The van der Waals surface area contributed by atoms with E-state index in [1.165, 1.54) is 10.5 Å². The number of benzene rings is 2. The number of ether oxygens (including phenoxy) is 1. The summed E-state index contributed by atoms with van der Waals surface area (Å²) in [5.74, 6) is 1.63. The quantitative estimate of drug-likeness (QED) is 0.693. The van der Waals surface area contributed by atoms with Gasteiger partial charge in [-0.2, -0.15) is 0 Å². The lowest BCUT2D eigenvalue weighted by atomic mass is 10.1. The molecular formula is C16H17BrClNOS. The van der Waals surface area contributed by atoms with E-state index in [2.05, 4.69) is 33.4 Å². The summed E-state index contributed by atoms with van der Waals surface area (Å²) in [6, 6.07) is 14.4. The van der Waals surface area contributed by atoms with E-state index in [9.17, 15) is 0 Å². The average Bonchev–Trinajstić information content (AvgIpc) is 2.51. The summed E-state index contributed by atoms with van der Waals surface area (Å²) >= 11 is 11.5. The Hall–Kier alpha value is -0.680. The van der Waals surface area contributed by atoms with Gasteiger partial charge in [0.25, 0.3) is 0 Å². The van der Waals surface area contributed by atoms with Gasteiger partial charge in [0.1, 0.15) is 5.75 Å². The van der Waals surface area contributed by atoms with Crippen molar-refractivity contribution >= 4 is 39.3 Å². The molecule has 0 saturated heterocycles. The molecule has 0 heterocycles. The minimum atomic E-state index is 0.230. The molecule has 2 nitrogen and oxygen atoms in total. The lowest BCUT2D eigenvalue weighted by molar-refractivity contribution is 0.414. The summed E-state index contributed by atoms with van der Waals surface area (Å²) in [5, 5.41) is 3.98. The lowest BCUT2D eigenvalue weighted by Crippen LogP contribution is -2.18.